The van der Waals surface area contributed by atoms with Crippen molar-refractivity contribution >= 4 is 27.9 Å². The van der Waals surface area contributed by atoms with Crippen LogP contribution in [0.25, 0.3) is 16.2 Å². The van der Waals surface area contributed by atoms with Gasteiger partial charge in [-0.25, -0.2) is 9.50 Å². The van der Waals surface area contributed by atoms with Crippen molar-refractivity contribution in [1.82, 2.24) is 19.6 Å². The monoisotopic (exact) mass is 342 g/mol. The van der Waals surface area contributed by atoms with E-state index in [4.69, 9.17) is 16.3 Å². The van der Waals surface area contributed by atoms with Gasteiger partial charge in [-0.1, -0.05) is 17.7 Å². The molecule has 0 aliphatic heterocycles. The van der Waals surface area contributed by atoms with E-state index in [2.05, 4.69) is 15.1 Å². The fourth-order valence-electron chi connectivity index (χ4n) is 2.16. The number of nitrogens with zero attached hydrogens (tertiary/aromatic N) is 4. The molecular weight excluding hydrogens is 332 g/mol. The summed E-state index contributed by atoms with van der Waals surface area (Å²) in [6.45, 7) is 1.98. The average Bonchev–Trinajstić information content (AvgIpc) is 3.10. The predicted molar refractivity (Wildman–Crippen MR) is 90.4 cm³/mol. The Morgan fingerprint density at radius 2 is 2.17 bits per heavy atom. The Labute approximate surface area is 141 Å². The normalized spacial score (nSPS) is 11.0. The van der Waals surface area contributed by atoms with Crippen LogP contribution in [0, 0.1) is 6.92 Å². The standard InChI is InChI=1S/C16H11ClN4OS/c1-10-4-5-12(17)14(7-10)22-16-20-21-9-13(19-15(21)23-16)11-3-2-6-18-8-11/h2-9H,1H3. The highest BCUT2D eigenvalue weighted by Crippen LogP contribution is 2.33. The summed E-state index contributed by atoms with van der Waals surface area (Å²) in [5, 5.41) is 5.45. The first-order valence-electron chi connectivity index (χ1n) is 6.90. The van der Waals surface area contributed by atoms with Gasteiger partial charge in [0.15, 0.2) is 0 Å². The quantitative estimate of drug-likeness (QED) is 0.545. The second kappa shape index (κ2) is 5.64. The van der Waals surface area contributed by atoms with E-state index in [-0.39, 0.29) is 0 Å². The van der Waals surface area contributed by atoms with E-state index < -0.39 is 0 Å². The third-order valence-corrected chi connectivity index (χ3v) is 4.38. The van der Waals surface area contributed by atoms with E-state index in [0.717, 1.165) is 21.8 Å². The summed E-state index contributed by atoms with van der Waals surface area (Å²) in [5.41, 5.74) is 2.86. The Hall–Kier alpha value is -2.44. The number of aromatic nitrogens is 4. The zero-order valence-corrected chi connectivity index (χ0v) is 13.7. The molecule has 0 aliphatic carbocycles. The van der Waals surface area contributed by atoms with Crippen LogP contribution in [0.4, 0.5) is 0 Å². The van der Waals surface area contributed by atoms with Crippen LogP contribution in [0.15, 0.2) is 48.9 Å². The fraction of sp³-hybridized carbons (Fsp3) is 0.0625. The summed E-state index contributed by atoms with van der Waals surface area (Å²) in [6.07, 6.45) is 5.36. The number of ether oxygens (including phenoxy) is 1. The highest BCUT2D eigenvalue weighted by molar-refractivity contribution is 7.18. The number of pyridine rings is 1. The zero-order chi connectivity index (χ0) is 15.8. The Morgan fingerprint density at radius 1 is 1.26 bits per heavy atom. The van der Waals surface area contributed by atoms with Gasteiger partial charge in [-0.15, -0.1) is 5.10 Å². The second-order valence-corrected chi connectivity index (χ2v) is 6.32. The maximum atomic E-state index is 6.15. The summed E-state index contributed by atoms with van der Waals surface area (Å²) in [7, 11) is 0. The molecule has 0 radical (unpaired) electrons. The molecule has 5 nitrogen and oxygen atoms in total. The lowest BCUT2D eigenvalue weighted by atomic mass is 10.2. The van der Waals surface area contributed by atoms with E-state index in [1.165, 1.54) is 11.3 Å². The number of fused-ring (bicyclic) bond motifs is 1. The number of halogens is 1. The summed E-state index contributed by atoms with van der Waals surface area (Å²) in [6, 6.07) is 9.47. The van der Waals surface area contributed by atoms with Gasteiger partial charge in [0.05, 0.1) is 16.9 Å². The molecule has 4 aromatic rings. The van der Waals surface area contributed by atoms with E-state index in [1.54, 1.807) is 16.9 Å². The molecule has 0 spiro atoms. The molecule has 1 aromatic carbocycles. The SMILES string of the molecule is Cc1ccc(Cl)c(Oc2nn3cc(-c4cccnc4)nc3s2)c1. The number of hydrogen-bond donors (Lipinski definition) is 0. The minimum absolute atomic E-state index is 0.498. The maximum absolute atomic E-state index is 6.15. The van der Waals surface area contributed by atoms with Crippen molar-refractivity contribution in [3.8, 4) is 22.2 Å². The van der Waals surface area contributed by atoms with E-state index >= 15 is 0 Å². The predicted octanol–water partition coefficient (Wildman–Crippen LogP) is 4.61. The molecule has 0 saturated heterocycles. The van der Waals surface area contributed by atoms with Crippen LogP contribution in [0.5, 0.6) is 10.9 Å². The van der Waals surface area contributed by atoms with Crippen LogP contribution < -0.4 is 4.74 Å². The summed E-state index contributed by atoms with van der Waals surface area (Å²) in [5.74, 6) is 0.594. The van der Waals surface area contributed by atoms with Crippen LogP contribution in [0.1, 0.15) is 5.56 Å². The van der Waals surface area contributed by atoms with Crippen molar-refractivity contribution in [2.75, 3.05) is 0 Å². The largest absolute Gasteiger partial charge is 0.428 e. The molecule has 0 fully saturated rings. The molecule has 7 heteroatoms. The van der Waals surface area contributed by atoms with Gasteiger partial charge < -0.3 is 4.74 Å². The molecule has 23 heavy (non-hydrogen) atoms. The van der Waals surface area contributed by atoms with Gasteiger partial charge in [0, 0.05) is 18.0 Å². The molecule has 3 heterocycles. The first-order valence-corrected chi connectivity index (χ1v) is 8.09. The van der Waals surface area contributed by atoms with Gasteiger partial charge in [-0.05, 0) is 48.1 Å². The third-order valence-electron chi connectivity index (χ3n) is 3.27. The van der Waals surface area contributed by atoms with Crippen molar-refractivity contribution in [1.29, 1.82) is 0 Å². The molecule has 0 bridgehead atoms. The number of aryl methyl sites for hydroxylation is 1. The molecule has 4 rings (SSSR count). The van der Waals surface area contributed by atoms with Crippen molar-refractivity contribution in [3.05, 3.63) is 59.5 Å². The lowest BCUT2D eigenvalue weighted by Crippen LogP contribution is -1.87. The maximum Gasteiger partial charge on any atom is 0.299 e. The van der Waals surface area contributed by atoms with Gasteiger partial charge in [0.2, 0.25) is 4.96 Å². The first kappa shape index (κ1) is 14.2. The van der Waals surface area contributed by atoms with Gasteiger partial charge >= 0.3 is 0 Å². The Balaban J connectivity index is 1.65. The Kier molecular flexibility index (Phi) is 3.48. The van der Waals surface area contributed by atoms with Crippen LogP contribution >= 0.6 is 22.9 Å². The number of hydrogen-bond acceptors (Lipinski definition) is 5. The van der Waals surface area contributed by atoms with Crippen LogP contribution in [-0.4, -0.2) is 19.6 Å². The summed E-state index contributed by atoms with van der Waals surface area (Å²) >= 11 is 7.51. The lowest BCUT2D eigenvalue weighted by molar-refractivity contribution is 0.470. The third kappa shape index (κ3) is 2.78. The lowest BCUT2D eigenvalue weighted by Gasteiger charge is -2.04. The van der Waals surface area contributed by atoms with Crippen molar-refractivity contribution in [2.45, 2.75) is 6.92 Å². The highest BCUT2D eigenvalue weighted by atomic mass is 35.5. The van der Waals surface area contributed by atoms with E-state index in [9.17, 15) is 0 Å². The average molecular weight is 343 g/mol. The number of imidazole rings is 1. The molecule has 0 unspecified atom stereocenters. The number of rotatable bonds is 3. The molecule has 0 atom stereocenters. The van der Waals surface area contributed by atoms with Crippen LogP contribution in [0.2, 0.25) is 5.02 Å². The molecule has 0 N–H and O–H groups in total. The first-order chi connectivity index (χ1) is 11.2. The van der Waals surface area contributed by atoms with E-state index in [1.807, 2.05) is 43.5 Å². The zero-order valence-electron chi connectivity index (χ0n) is 12.1. The van der Waals surface area contributed by atoms with E-state index in [0.29, 0.717) is 16.0 Å². The molecular formula is C16H11ClN4OS. The van der Waals surface area contributed by atoms with Crippen LogP contribution in [-0.2, 0) is 0 Å². The van der Waals surface area contributed by atoms with Gasteiger partial charge in [-0.3, -0.25) is 4.98 Å². The minimum atomic E-state index is 0.498. The van der Waals surface area contributed by atoms with Gasteiger partial charge in [0.25, 0.3) is 5.19 Å². The second-order valence-electron chi connectivity index (χ2n) is 5.00. The van der Waals surface area contributed by atoms with Crippen molar-refractivity contribution in [3.63, 3.8) is 0 Å². The number of benzene rings is 1. The minimum Gasteiger partial charge on any atom is -0.428 e. The van der Waals surface area contributed by atoms with Gasteiger partial charge in [-0.2, -0.15) is 0 Å². The fourth-order valence-corrected chi connectivity index (χ4v) is 3.06. The Bertz CT molecular complexity index is 949. The Morgan fingerprint density at radius 3 is 2.96 bits per heavy atom. The summed E-state index contributed by atoms with van der Waals surface area (Å²) in [4.78, 5) is 9.40. The van der Waals surface area contributed by atoms with Crippen LogP contribution in [0.3, 0.4) is 0 Å². The summed E-state index contributed by atoms with van der Waals surface area (Å²) < 4.78 is 7.48. The topological polar surface area (TPSA) is 52.3 Å². The van der Waals surface area contributed by atoms with Gasteiger partial charge in [0.1, 0.15) is 5.75 Å². The van der Waals surface area contributed by atoms with Crippen molar-refractivity contribution < 1.29 is 4.74 Å². The highest BCUT2D eigenvalue weighted by Gasteiger charge is 2.12. The van der Waals surface area contributed by atoms with Crippen molar-refractivity contribution in [2.24, 2.45) is 0 Å². The smallest absolute Gasteiger partial charge is 0.299 e. The molecule has 0 amide bonds. The molecule has 3 aromatic heterocycles. The molecule has 0 aliphatic rings. The molecule has 114 valence electrons. The molecule has 0 saturated carbocycles.